The van der Waals surface area contributed by atoms with E-state index in [2.05, 4.69) is 0 Å². The maximum absolute atomic E-state index is 12.4. The number of rotatable bonds is 2. The Kier molecular flexibility index (Phi) is 3.85. The third-order valence-electron chi connectivity index (χ3n) is 1.79. The standard InChI is InChI=1S/C8H5Cl2F3O3S/c9-5-1-4(3-17(10,15)16)7(14)6(2-5)8(11,12)13/h1-2,14H,3H2. The summed E-state index contributed by atoms with van der Waals surface area (Å²) in [6.45, 7) is 0. The van der Waals surface area contributed by atoms with Crippen molar-refractivity contribution in [2.24, 2.45) is 0 Å². The van der Waals surface area contributed by atoms with E-state index >= 15 is 0 Å². The van der Waals surface area contributed by atoms with Gasteiger partial charge in [0.15, 0.2) is 0 Å². The lowest BCUT2D eigenvalue weighted by Crippen LogP contribution is -2.07. The highest BCUT2D eigenvalue weighted by atomic mass is 35.7. The minimum absolute atomic E-state index is 0.342. The normalized spacial score (nSPS) is 12.8. The molecule has 0 fully saturated rings. The molecule has 0 spiro atoms. The largest absolute Gasteiger partial charge is 0.507 e. The van der Waals surface area contributed by atoms with Gasteiger partial charge in [0.05, 0.1) is 11.3 Å². The molecule has 1 N–H and O–H groups in total. The molecule has 0 radical (unpaired) electrons. The zero-order valence-corrected chi connectivity index (χ0v) is 10.3. The van der Waals surface area contributed by atoms with E-state index in [9.17, 15) is 26.7 Å². The lowest BCUT2D eigenvalue weighted by Gasteiger charge is -2.12. The van der Waals surface area contributed by atoms with Crippen LogP contribution in [0.4, 0.5) is 13.2 Å². The maximum Gasteiger partial charge on any atom is 0.420 e. The van der Waals surface area contributed by atoms with E-state index in [0.717, 1.165) is 6.07 Å². The highest BCUT2D eigenvalue weighted by Crippen LogP contribution is 2.40. The summed E-state index contributed by atoms with van der Waals surface area (Å²) in [5.74, 6) is -2.13. The van der Waals surface area contributed by atoms with E-state index in [0.29, 0.717) is 6.07 Å². The Morgan fingerprint density at radius 3 is 2.24 bits per heavy atom. The first kappa shape index (κ1) is 14.4. The van der Waals surface area contributed by atoms with Gasteiger partial charge in [-0.2, -0.15) is 13.2 Å². The molecule has 1 aromatic rings. The molecule has 17 heavy (non-hydrogen) atoms. The Hall–Kier alpha value is -0.660. The number of benzene rings is 1. The van der Waals surface area contributed by atoms with Crippen LogP contribution in [0.25, 0.3) is 0 Å². The zero-order chi connectivity index (χ0) is 13.4. The number of hydrogen-bond donors (Lipinski definition) is 1. The average Bonchev–Trinajstić information content (AvgIpc) is 2.06. The molecule has 0 aliphatic heterocycles. The van der Waals surface area contributed by atoms with E-state index in [-0.39, 0.29) is 5.02 Å². The second-order valence-corrected chi connectivity index (χ2v) is 6.36. The van der Waals surface area contributed by atoms with Crippen LogP contribution in [0, 0.1) is 0 Å². The number of phenolic OH excluding ortho intramolecular Hbond substituents is 1. The first-order valence-electron chi connectivity index (χ1n) is 4.01. The zero-order valence-electron chi connectivity index (χ0n) is 7.92. The Morgan fingerprint density at radius 2 is 1.82 bits per heavy atom. The Balaban J connectivity index is 3.39. The van der Waals surface area contributed by atoms with Crippen LogP contribution in [0.5, 0.6) is 5.75 Å². The fraction of sp³-hybridized carbons (Fsp3) is 0.250. The second kappa shape index (κ2) is 4.55. The van der Waals surface area contributed by atoms with Gasteiger partial charge in [-0.25, -0.2) is 8.42 Å². The highest BCUT2D eigenvalue weighted by molar-refractivity contribution is 8.13. The van der Waals surface area contributed by atoms with Crippen LogP contribution >= 0.6 is 22.3 Å². The van der Waals surface area contributed by atoms with Gasteiger partial charge in [-0.1, -0.05) is 11.6 Å². The lowest BCUT2D eigenvalue weighted by atomic mass is 10.1. The fourth-order valence-electron chi connectivity index (χ4n) is 1.17. The quantitative estimate of drug-likeness (QED) is 0.854. The monoisotopic (exact) mass is 308 g/mol. The van der Waals surface area contributed by atoms with Crippen molar-refractivity contribution in [1.29, 1.82) is 0 Å². The van der Waals surface area contributed by atoms with Crippen LogP contribution in [0.2, 0.25) is 5.02 Å². The van der Waals surface area contributed by atoms with Crippen molar-refractivity contribution in [3.05, 3.63) is 28.3 Å². The first-order chi connectivity index (χ1) is 7.50. The van der Waals surface area contributed by atoms with Crippen molar-refractivity contribution < 1.29 is 26.7 Å². The molecule has 0 atom stereocenters. The van der Waals surface area contributed by atoms with Gasteiger partial charge in [0, 0.05) is 21.3 Å². The SMILES string of the molecule is O=S(=O)(Cl)Cc1cc(Cl)cc(C(F)(F)F)c1O. The third kappa shape index (κ3) is 3.93. The minimum atomic E-state index is -4.83. The van der Waals surface area contributed by atoms with Crippen molar-refractivity contribution >= 4 is 31.3 Å². The number of alkyl halides is 3. The van der Waals surface area contributed by atoms with Gasteiger partial charge in [0.2, 0.25) is 9.05 Å². The summed E-state index contributed by atoms with van der Waals surface area (Å²) in [4.78, 5) is 0. The van der Waals surface area contributed by atoms with Gasteiger partial charge in [0.25, 0.3) is 0 Å². The molecule has 3 nitrogen and oxygen atoms in total. The molecule has 0 aliphatic carbocycles. The molecule has 96 valence electrons. The molecule has 0 aromatic heterocycles. The molecular formula is C8H5Cl2F3O3S. The number of aromatic hydroxyl groups is 1. The summed E-state index contributed by atoms with van der Waals surface area (Å²) in [7, 11) is 0.803. The van der Waals surface area contributed by atoms with Gasteiger partial charge < -0.3 is 5.11 Å². The van der Waals surface area contributed by atoms with Crippen molar-refractivity contribution in [2.45, 2.75) is 11.9 Å². The minimum Gasteiger partial charge on any atom is -0.507 e. The summed E-state index contributed by atoms with van der Waals surface area (Å²) in [6, 6.07) is 1.41. The molecule has 1 rings (SSSR count). The first-order valence-corrected chi connectivity index (χ1v) is 6.87. The van der Waals surface area contributed by atoms with Gasteiger partial charge >= 0.3 is 6.18 Å². The average molecular weight is 309 g/mol. The second-order valence-electron chi connectivity index (χ2n) is 3.14. The molecule has 0 aliphatic rings. The summed E-state index contributed by atoms with van der Waals surface area (Å²) in [5.41, 5.74) is -1.90. The summed E-state index contributed by atoms with van der Waals surface area (Å²) >= 11 is 5.41. The predicted octanol–water partition coefficient (Wildman–Crippen LogP) is 3.13. The van der Waals surface area contributed by atoms with E-state index in [1.807, 2.05) is 0 Å². The van der Waals surface area contributed by atoms with Gasteiger partial charge in [-0.05, 0) is 12.1 Å². The molecular weight excluding hydrogens is 304 g/mol. The summed E-state index contributed by atoms with van der Waals surface area (Å²) < 4.78 is 58.8. The van der Waals surface area contributed by atoms with E-state index in [1.165, 1.54) is 0 Å². The van der Waals surface area contributed by atoms with Crippen molar-refractivity contribution in [3.63, 3.8) is 0 Å². The molecule has 0 amide bonds. The van der Waals surface area contributed by atoms with Gasteiger partial charge in [0.1, 0.15) is 5.75 Å². The number of hydrogen-bond acceptors (Lipinski definition) is 3. The van der Waals surface area contributed by atoms with Crippen LogP contribution in [-0.4, -0.2) is 13.5 Å². The predicted molar refractivity (Wildman–Crippen MR) is 56.6 cm³/mol. The molecule has 0 unspecified atom stereocenters. The Morgan fingerprint density at radius 1 is 1.29 bits per heavy atom. The fourth-order valence-corrected chi connectivity index (χ4v) is 2.35. The molecule has 0 heterocycles. The van der Waals surface area contributed by atoms with E-state index in [4.69, 9.17) is 22.3 Å². The van der Waals surface area contributed by atoms with Crippen LogP contribution in [0.15, 0.2) is 12.1 Å². The van der Waals surface area contributed by atoms with Crippen LogP contribution in [-0.2, 0) is 21.0 Å². The summed E-state index contributed by atoms with van der Waals surface area (Å²) in [5, 5.41) is 8.97. The Bertz CT molecular complexity index is 540. The highest BCUT2D eigenvalue weighted by Gasteiger charge is 2.35. The molecule has 0 bridgehead atoms. The molecule has 9 heteroatoms. The third-order valence-corrected chi connectivity index (χ3v) is 2.99. The van der Waals surface area contributed by atoms with Gasteiger partial charge in [-0.3, -0.25) is 0 Å². The van der Waals surface area contributed by atoms with Crippen LogP contribution in [0.3, 0.4) is 0 Å². The van der Waals surface area contributed by atoms with Crippen LogP contribution in [0.1, 0.15) is 11.1 Å². The molecule has 0 saturated carbocycles. The Labute approximate surface area is 104 Å². The van der Waals surface area contributed by atoms with Crippen LogP contribution < -0.4 is 0 Å². The maximum atomic E-state index is 12.4. The molecule has 0 saturated heterocycles. The van der Waals surface area contributed by atoms with Gasteiger partial charge in [-0.15, -0.1) is 0 Å². The topological polar surface area (TPSA) is 54.4 Å². The smallest absolute Gasteiger partial charge is 0.420 e. The molecule has 1 aromatic carbocycles. The van der Waals surface area contributed by atoms with Crippen molar-refractivity contribution in [2.75, 3.05) is 0 Å². The number of halogens is 5. The van der Waals surface area contributed by atoms with E-state index in [1.54, 1.807) is 0 Å². The van der Waals surface area contributed by atoms with Crippen molar-refractivity contribution in [3.8, 4) is 5.75 Å². The summed E-state index contributed by atoms with van der Waals surface area (Å²) in [6.07, 6.45) is -4.83. The van der Waals surface area contributed by atoms with Crippen molar-refractivity contribution in [1.82, 2.24) is 0 Å². The van der Waals surface area contributed by atoms with E-state index < -0.39 is 37.9 Å². The number of phenols is 1. The lowest BCUT2D eigenvalue weighted by molar-refractivity contribution is -0.138.